The summed E-state index contributed by atoms with van der Waals surface area (Å²) >= 11 is 1.75. The molecule has 0 atom stereocenters. The number of aromatic nitrogens is 3. The highest BCUT2D eigenvalue weighted by atomic mass is 32.1. The van der Waals surface area contributed by atoms with E-state index < -0.39 is 6.29 Å². The average molecular weight is 608 g/mol. The Morgan fingerprint density at radius 3 is 2.40 bits per heavy atom. The molecule has 0 aliphatic carbocycles. The van der Waals surface area contributed by atoms with E-state index in [9.17, 15) is 4.79 Å². The van der Waals surface area contributed by atoms with Gasteiger partial charge in [0.2, 0.25) is 5.91 Å². The second-order valence-corrected chi connectivity index (χ2v) is 11.9. The number of hydrogen-bond donors (Lipinski definition) is 3. The minimum absolute atomic E-state index is 0.0103. The summed E-state index contributed by atoms with van der Waals surface area (Å²) in [6.07, 6.45) is 3.48. The summed E-state index contributed by atoms with van der Waals surface area (Å²) in [7, 11) is 0. The third kappa shape index (κ3) is 9.06. The van der Waals surface area contributed by atoms with Gasteiger partial charge in [0, 0.05) is 30.9 Å². The lowest BCUT2D eigenvalue weighted by molar-refractivity contribution is -0.138. The number of piperidine rings is 1. The molecule has 4 N–H and O–H groups in total. The number of unbranched alkanes of at least 4 members (excludes halogenated alkanes) is 1. The van der Waals surface area contributed by atoms with Crippen LogP contribution in [0.15, 0.2) is 6.07 Å². The van der Waals surface area contributed by atoms with Crippen LogP contribution in [-0.4, -0.2) is 108 Å². The van der Waals surface area contributed by atoms with Crippen molar-refractivity contribution < 1.29 is 34.0 Å². The Labute approximate surface area is 250 Å². The fourth-order valence-electron chi connectivity index (χ4n) is 5.19. The first-order valence-corrected chi connectivity index (χ1v) is 15.7. The largest absolute Gasteiger partial charge is 0.382 e. The number of nitrogens with zero attached hydrogens (tertiary/aromatic N) is 4. The van der Waals surface area contributed by atoms with E-state index in [0.717, 1.165) is 78.8 Å². The molecule has 1 amide bonds. The number of carbonyl (C=O) groups is 1. The van der Waals surface area contributed by atoms with E-state index in [1.807, 2.05) is 4.90 Å². The monoisotopic (exact) mass is 607 g/mol. The SMILES string of the molecule is CCCCc1nc2c(N)nc3cc(C)sc3c2n1CC1CCN(C(=O)COCCOCCOCCOCC(O)O)CC1. The number of nitrogen functional groups attached to an aromatic ring is 1. The standard InChI is InChI=1S/C29H45N5O7S/c1-3-4-5-23-32-26-27(28-22(31-29(26)30)16-20(2)42-28)34(23)17-21-6-8-33(9-7-21)24(35)18-40-14-12-38-10-11-39-13-15-41-19-25(36)37/h16,21,25,36-37H,3-15,17-19H2,1-2H3,(H2,30,31). The van der Waals surface area contributed by atoms with Gasteiger partial charge in [-0.2, -0.15) is 0 Å². The Morgan fingerprint density at radius 1 is 1.07 bits per heavy atom. The molecule has 1 aliphatic heterocycles. The zero-order chi connectivity index (χ0) is 29.9. The molecule has 0 saturated carbocycles. The number of carbonyl (C=O) groups excluding carboxylic acids is 1. The summed E-state index contributed by atoms with van der Waals surface area (Å²) in [5.41, 5.74) is 9.22. The number of anilines is 1. The van der Waals surface area contributed by atoms with Crippen LogP contribution in [0.4, 0.5) is 5.82 Å². The smallest absolute Gasteiger partial charge is 0.248 e. The van der Waals surface area contributed by atoms with Gasteiger partial charge in [0.15, 0.2) is 12.1 Å². The number of likely N-dealkylation sites (tertiary alicyclic amines) is 1. The number of ether oxygens (including phenoxy) is 4. The minimum atomic E-state index is -1.47. The summed E-state index contributed by atoms with van der Waals surface area (Å²) in [5, 5.41) is 17.4. The Balaban J connectivity index is 1.19. The maximum atomic E-state index is 12.7. The van der Waals surface area contributed by atoms with Crippen LogP contribution in [0.1, 0.15) is 43.3 Å². The first-order valence-electron chi connectivity index (χ1n) is 14.9. The van der Waals surface area contributed by atoms with E-state index in [-0.39, 0.29) is 25.7 Å². The molecule has 1 fully saturated rings. The highest BCUT2D eigenvalue weighted by Gasteiger charge is 2.26. The van der Waals surface area contributed by atoms with Gasteiger partial charge in [-0.3, -0.25) is 4.79 Å². The molecule has 1 saturated heterocycles. The second kappa shape index (κ2) is 16.5. The summed E-state index contributed by atoms with van der Waals surface area (Å²) in [6.45, 7) is 8.65. The molecule has 3 aromatic rings. The number of thiophene rings is 1. The summed E-state index contributed by atoms with van der Waals surface area (Å²) < 4.78 is 24.8. The summed E-state index contributed by atoms with van der Waals surface area (Å²) in [5.74, 6) is 2.03. The van der Waals surface area contributed by atoms with Gasteiger partial charge in [-0.1, -0.05) is 13.3 Å². The third-order valence-electron chi connectivity index (χ3n) is 7.35. The number of aryl methyl sites for hydroxylation is 2. The highest BCUT2D eigenvalue weighted by Crippen LogP contribution is 2.35. The van der Waals surface area contributed by atoms with E-state index in [1.54, 1.807) is 11.3 Å². The van der Waals surface area contributed by atoms with Crippen LogP contribution in [-0.2, 0) is 36.7 Å². The van der Waals surface area contributed by atoms with Crippen molar-refractivity contribution in [2.75, 3.05) is 71.7 Å². The molecule has 0 unspecified atom stereocenters. The molecule has 0 spiro atoms. The van der Waals surface area contributed by atoms with E-state index in [4.69, 9.17) is 39.9 Å². The third-order valence-corrected chi connectivity index (χ3v) is 8.40. The van der Waals surface area contributed by atoms with E-state index in [0.29, 0.717) is 44.8 Å². The van der Waals surface area contributed by atoms with Crippen molar-refractivity contribution in [3.05, 3.63) is 16.8 Å². The fraction of sp³-hybridized carbons (Fsp3) is 0.690. The molecule has 0 radical (unpaired) electrons. The van der Waals surface area contributed by atoms with E-state index >= 15 is 0 Å². The van der Waals surface area contributed by atoms with Gasteiger partial charge in [0.25, 0.3) is 0 Å². The number of imidazole rings is 1. The van der Waals surface area contributed by atoms with Crippen molar-refractivity contribution in [3.8, 4) is 0 Å². The van der Waals surface area contributed by atoms with Crippen molar-refractivity contribution >= 4 is 44.3 Å². The van der Waals surface area contributed by atoms with Gasteiger partial charge in [-0.25, -0.2) is 9.97 Å². The fourth-order valence-corrected chi connectivity index (χ4v) is 6.19. The van der Waals surface area contributed by atoms with Gasteiger partial charge >= 0.3 is 0 Å². The number of rotatable bonds is 18. The van der Waals surface area contributed by atoms with Crippen molar-refractivity contribution in [2.24, 2.45) is 5.92 Å². The number of pyridine rings is 1. The van der Waals surface area contributed by atoms with Gasteiger partial charge in [0.1, 0.15) is 17.9 Å². The molecule has 12 nitrogen and oxygen atoms in total. The molecule has 3 aromatic heterocycles. The highest BCUT2D eigenvalue weighted by molar-refractivity contribution is 7.19. The van der Waals surface area contributed by atoms with Crippen molar-refractivity contribution in [1.82, 2.24) is 19.4 Å². The van der Waals surface area contributed by atoms with Crippen LogP contribution in [0.5, 0.6) is 0 Å². The quantitative estimate of drug-likeness (QED) is 0.145. The number of aliphatic hydroxyl groups is 2. The molecule has 4 rings (SSSR count). The first kappa shape index (κ1) is 32.5. The Morgan fingerprint density at radius 2 is 1.74 bits per heavy atom. The average Bonchev–Trinajstić information content (AvgIpc) is 3.52. The minimum Gasteiger partial charge on any atom is -0.382 e. The normalized spacial score (nSPS) is 14.6. The van der Waals surface area contributed by atoms with Gasteiger partial charge in [-0.05, 0) is 38.2 Å². The van der Waals surface area contributed by atoms with Crippen molar-refractivity contribution in [1.29, 1.82) is 0 Å². The molecular weight excluding hydrogens is 562 g/mol. The Hall–Kier alpha value is -2.39. The summed E-state index contributed by atoms with van der Waals surface area (Å²) in [6, 6.07) is 2.10. The molecule has 42 heavy (non-hydrogen) atoms. The van der Waals surface area contributed by atoms with Crippen LogP contribution in [0.3, 0.4) is 0 Å². The van der Waals surface area contributed by atoms with Crippen LogP contribution >= 0.6 is 11.3 Å². The molecule has 1 aliphatic rings. The predicted octanol–water partition coefficient (Wildman–Crippen LogP) is 2.49. The van der Waals surface area contributed by atoms with Gasteiger partial charge < -0.3 is 44.4 Å². The van der Waals surface area contributed by atoms with Crippen molar-refractivity contribution in [3.63, 3.8) is 0 Å². The lowest BCUT2D eigenvalue weighted by Gasteiger charge is -2.32. The number of fused-ring (bicyclic) bond motifs is 3. The number of nitrogens with two attached hydrogens (primary N) is 1. The molecule has 4 heterocycles. The summed E-state index contributed by atoms with van der Waals surface area (Å²) in [4.78, 5) is 25.4. The Bertz CT molecular complexity index is 1270. The topological polar surface area (TPSA) is 154 Å². The predicted molar refractivity (Wildman–Crippen MR) is 161 cm³/mol. The molecule has 0 aromatic carbocycles. The maximum Gasteiger partial charge on any atom is 0.248 e. The molecule has 0 bridgehead atoms. The lowest BCUT2D eigenvalue weighted by atomic mass is 9.96. The van der Waals surface area contributed by atoms with Crippen molar-refractivity contribution in [2.45, 2.75) is 58.8 Å². The maximum absolute atomic E-state index is 12.7. The number of aliphatic hydroxyl groups excluding tert-OH is 1. The number of hydrogen-bond acceptors (Lipinski definition) is 11. The van der Waals surface area contributed by atoms with Crippen LogP contribution in [0.2, 0.25) is 0 Å². The van der Waals surface area contributed by atoms with E-state index in [2.05, 4.69) is 29.5 Å². The van der Waals surface area contributed by atoms with E-state index in [1.165, 1.54) is 4.88 Å². The zero-order valence-electron chi connectivity index (χ0n) is 24.8. The first-order chi connectivity index (χ1) is 20.4. The van der Waals surface area contributed by atoms with Crippen LogP contribution < -0.4 is 5.73 Å². The number of amides is 1. The molecular formula is C29H45N5O7S. The zero-order valence-corrected chi connectivity index (χ0v) is 25.6. The van der Waals surface area contributed by atoms with Crippen LogP contribution in [0, 0.1) is 12.8 Å². The van der Waals surface area contributed by atoms with Gasteiger partial charge in [0.05, 0.1) is 62.0 Å². The second-order valence-electron chi connectivity index (χ2n) is 10.7. The molecule has 13 heteroatoms. The van der Waals surface area contributed by atoms with Crippen LogP contribution in [0.25, 0.3) is 21.3 Å². The lowest BCUT2D eigenvalue weighted by Crippen LogP contribution is -2.41. The molecule has 234 valence electrons. The van der Waals surface area contributed by atoms with Gasteiger partial charge in [-0.15, -0.1) is 11.3 Å². The Kier molecular flexibility index (Phi) is 12.7.